The van der Waals surface area contributed by atoms with Gasteiger partial charge in [-0.2, -0.15) is 22.7 Å². The Balaban J connectivity index is 1.89. The van der Waals surface area contributed by atoms with Gasteiger partial charge < -0.3 is 10.2 Å². The van der Waals surface area contributed by atoms with Crippen LogP contribution in [0.5, 0.6) is 11.5 Å². The Bertz CT molecular complexity index is 1190. The lowest BCUT2D eigenvalue weighted by Crippen LogP contribution is -2.02. The average molecular weight is 463 g/mol. The van der Waals surface area contributed by atoms with E-state index in [9.17, 15) is 10.2 Å². The molecule has 0 fully saturated rings. The summed E-state index contributed by atoms with van der Waals surface area (Å²) in [7, 11) is 0. The number of hydrogen-bond acceptors (Lipinski definition) is 4. The molecule has 0 aliphatic rings. The Morgan fingerprint density at radius 2 is 1.41 bits per heavy atom. The lowest BCUT2D eigenvalue weighted by Gasteiger charge is -2.21. The van der Waals surface area contributed by atoms with E-state index in [1.807, 2.05) is 6.92 Å². The number of benzene rings is 2. The van der Waals surface area contributed by atoms with Crippen LogP contribution in [0.2, 0.25) is 0 Å². The zero-order valence-electron chi connectivity index (χ0n) is 19.1. The predicted molar refractivity (Wildman–Crippen MR) is 138 cm³/mol. The minimum absolute atomic E-state index is 0.212. The summed E-state index contributed by atoms with van der Waals surface area (Å²) in [6.07, 6.45) is 1.71. The molecule has 4 rings (SSSR count). The highest BCUT2D eigenvalue weighted by Gasteiger charge is 2.21. The number of rotatable bonds is 7. The van der Waals surface area contributed by atoms with Crippen LogP contribution in [0.15, 0.2) is 57.9 Å². The van der Waals surface area contributed by atoms with Crippen molar-refractivity contribution in [3.8, 4) is 22.6 Å². The van der Waals surface area contributed by atoms with Gasteiger partial charge in [-0.25, -0.2) is 0 Å². The van der Waals surface area contributed by atoms with Crippen LogP contribution in [0, 0.1) is 6.92 Å². The normalized spacial score (nSPS) is 13.2. The van der Waals surface area contributed by atoms with Gasteiger partial charge in [0.05, 0.1) is 0 Å². The lowest BCUT2D eigenvalue weighted by atomic mass is 9.85. The maximum atomic E-state index is 11.2. The smallest absolute Gasteiger partial charge is 0.126 e. The minimum Gasteiger partial charge on any atom is -0.507 e. The second-order valence-electron chi connectivity index (χ2n) is 8.46. The molecule has 2 atom stereocenters. The molecule has 0 saturated heterocycles. The highest BCUT2D eigenvalue weighted by atomic mass is 32.1. The summed E-state index contributed by atoms with van der Waals surface area (Å²) in [5, 5.41) is 30.8. The van der Waals surface area contributed by atoms with Gasteiger partial charge in [0.15, 0.2) is 0 Å². The molecule has 0 amide bonds. The standard InChI is InChI=1S/C28H30O2S2/c1-5-19-12-23(24(6-2)21-8-10-32-16-21)14-26(28(19)30)25-13-22(11-17(3)27(25)29)18(4)20-7-9-31-15-20/h7-16,18,24,29-30H,5-6H2,1-4H3. The molecular formula is C28H30O2S2. The first-order chi connectivity index (χ1) is 15.4. The van der Waals surface area contributed by atoms with Crippen molar-refractivity contribution in [1.82, 2.24) is 0 Å². The van der Waals surface area contributed by atoms with Crippen LogP contribution in [0.25, 0.3) is 11.1 Å². The van der Waals surface area contributed by atoms with Crippen molar-refractivity contribution in [1.29, 1.82) is 0 Å². The van der Waals surface area contributed by atoms with Crippen LogP contribution in [-0.2, 0) is 6.42 Å². The number of thiophene rings is 2. The van der Waals surface area contributed by atoms with E-state index in [4.69, 9.17) is 0 Å². The number of phenolic OH excluding ortho intramolecular Hbond substituents is 2. The maximum Gasteiger partial charge on any atom is 0.126 e. The number of aromatic hydroxyl groups is 2. The Morgan fingerprint density at radius 3 is 2.00 bits per heavy atom. The summed E-state index contributed by atoms with van der Waals surface area (Å²) in [4.78, 5) is 0. The van der Waals surface area contributed by atoms with Crippen LogP contribution < -0.4 is 0 Å². The molecule has 4 aromatic rings. The van der Waals surface area contributed by atoms with Gasteiger partial charge in [0.1, 0.15) is 11.5 Å². The van der Waals surface area contributed by atoms with Gasteiger partial charge in [-0.1, -0.05) is 32.9 Å². The molecule has 2 aromatic carbocycles. The monoisotopic (exact) mass is 462 g/mol. The highest BCUT2D eigenvalue weighted by Crippen LogP contribution is 2.44. The van der Waals surface area contributed by atoms with Crippen molar-refractivity contribution < 1.29 is 10.2 Å². The first-order valence-corrected chi connectivity index (χ1v) is 13.1. The second kappa shape index (κ2) is 9.51. The Labute approximate surface area is 198 Å². The Hall–Kier alpha value is -2.56. The van der Waals surface area contributed by atoms with Gasteiger partial charge in [0.2, 0.25) is 0 Å². The summed E-state index contributed by atoms with van der Waals surface area (Å²) in [5.41, 5.74) is 8.06. The van der Waals surface area contributed by atoms with Crippen LogP contribution in [0.1, 0.15) is 72.4 Å². The van der Waals surface area contributed by atoms with Crippen LogP contribution in [0.4, 0.5) is 0 Å². The van der Waals surface area contributed by atoms with E-state index in [1.165, 1.54) is 16.7 Å². The molecule has 0 aliphatic carbocycles. The fourth-order valence-corrected chi connectivity index (χ4v) is 5.98. The molecule has 2 aromatic heterocycles. The van der Waals surface area contributed by atoms with Crippen LogP contribution in [0.3, 0.4) is 0 Å². The number of phenols is 2. The fraction of sp³-hybridized carbons (Fsp3) is 0.286. The third kappa shape index (κ3) is 4.22. The Kier molecular flexibility index (Phi) is 6.73. The van der Waals surface area contributed by atoms with E-state index >= 15 is 0 Å². The SMILES string of the molecule is CCc1cc(C(CC)c2ccsc2)cc(-c2cc(C(C)c3ccsc3)cc(C)c2O)c1O. The first-order valence-electron chi connectivity index (χ1n) is 11.2. The lowest BCUT2D eigenvalue weighted by molar-refractivity contribution is 0.463. The molecule has 0 spiro atoms. The molecule has 2 heterocycles. The molecule has 0 bridgehead atoms. The Morgan fingerprint density at radius 1 is 0.781 bits per heavy atom. The van der Waals surface area contributed by atoms with Crippen molar-refractivity contribution in [3.63, 3.8) is 0 Å². The minimum atomic E-state index is 0.212. The summed E-state index contributed by atoms with van der Waals surface area (Å²) in [6, 6.07) is 12.6. The average Bonchev–Trinajstić information content (AvgIpc) is 3.51. The molecule has 166 valence electrons. The topological polar surface area (TPSA) is 40.5 Å². The third-order valence-corrected chi connectivity index (χ3v) is 7.91. The summed E-state index contributed by atoms with van der Waals surface area (Å²) in [5.74, 6) is 0.988. The van der Waals surface area contributed by atoms with Gasteiger partial charge in [-0.05, 0) is 98.9 Å². The molecule has 4 heteroatoms. The van der Waals surface area contributed by atoms with Crippen molar-refractivity contribution in [2.45, 2.75) is 52.4 Å². The molecule has 32 heavy (non-hydrogen) atoms. The van der Waals surface area contributed by atoms with Gasteiger partial charge in [-0.3, -0.25) is 0 Å². The largest absolute Gasteiger partial charge is 0.507 e. The zero-order valence-corrected chi connectivity index (χ0v) is 20.7. The van der Waals surface area contributed by atoms with Gasteiger partial charge in [-0.15, -0.1) is 0 Å². The van der Waals surface area contributed by atoms with E-state index in [-0.39, 0.29) is 23.3 Å². The van der Waals surface area contributed by atoms with Gasteiger partial charge >= 0.3 is 0 Å². The fourth-order valence-electron chi connectivity index (χ4n) is 4.51. The van der Waals surface area contributed by atoms with E-state index in [0.717, 1.165) is 29.5 Å². The van der Waals surface area contributed by atoms with Crippen LogP contribution in [-0.4, -0.2) is 10.2 Å². The zero-order chi connectivity index (χ0) is 22.8. The third-order valence-electron chi connectivity index (χ3n) is 6.50. The van der Waals surface area contributed by atoms with E-state index in [2.05, 4.69) is 78.7 Å². The van der Waals surface area contributed by atoms with E-state index in [1.54, 1.807) is 22.7 Å². The van der Waals surface area contributed by atoms with Crippen molar-refractivity contribution in [3.05, 3.63) is 91.3 Å². The molecule has 2 N–H and O–H groups in total. The van der Waals surface area contributed by atoms with E-state index in [0.29, 0.717) is 11.1 Å². The maximum absolute atomic E-state index is 11.2. The molecule has 2 unspecified atom stereocenters. The van der Waals surface area contributed by atoms with Gasteiger partial charge in [0, 0.05) is 23.0 Å². The quantitative estimate of drug-likeness (QED) is 0.289. The van der Waals surface area contributed by atoms with Crippen LogP contribution >= 0.6 is 22.7 Å². The summed E-state index contributed by atoms with van der Waals surface area (Å²) in [6.45, 7) is 8.39. The first kappa shape index (κ1) is 22.6. The molecule has 0 saturated carbocycles. The number of aryl methyl sites for hydroxylation is 2. The molecule has 2 nitrogen and oxygen atoms in total. The predicted octanol–water partition coefficient (Wildman–Crippen LogP) is 8.45. The second-order valence-corrected chi connectivity index (χ2v) is 10.0. The van der Waals surface area contributed by atoms with Crippen molar-refractivity contribution in [2.24, 2.45) is 0 Å². The van der Waals surface area contributed by atoms with Gasteiger partial charge in [0.25, 0.3) is 0 Å². The van der Waals surface area contributed by atoms with Crippen molar-refractivity contribution in [2.75, 3.05) is 0 Å². The molecular weight excluding hydrogens is 432 g/mol. The molecule has 0 radical (unpaired) electrons. The summed E-state index contributed by atoms with van der Waals surface area (Å²) < 4.78 is 0. The van der Waals surface area contributed by atoms with E-state index < -0.39 is 0 Å². The highest BCUT2D eigenvalue weighted by molar-refractivity contribution is 7.08. The summed E-state index contributed by atoms with van der Waals surface area (Å²) >= 11 is 3.41. The number of hydrogen-bond donors (Lipinski definition) is 2. The molecule has 0 aliphatic heterocycles. The van der Waals surface area contributed by atoms with Crippen molar-refractivity contribution >= 4 is 22.7 Å².